The molecule has 2 N–H and O–H groups in total. The number of aliphatic hydroxyl groups is 1. The minimum atomic E-state index is -1.52. The van der Waals surface area contributed by atoms with Gasteiger partial charge in [-0.05, 0) is 37.0 Å². The van der Waals surface area contributed by atoms with Crippen LogP contribution in [0.3, 0.4) is 0 Å². The van der Waals surface area contributed by atoms with E-state index >= 15 is 0 Å². The lowest BCUT2D eigenvalue weighted by molar-refractivity contribution is -0.154. The minimum absolute atomic E-state index is 0.240. The van der Waals surface area contributed by atoms with Gasteiger partial charge < -0.3 is 15.0 Å². The molecule has 2 aromatic rings. The van der Waals surface area contributed by atoms with Crippen LogP contribution in [0.4, 0.5) is 0 Å². The Hall–Kier alpha value is -1.85. The van der Waals surface area contributed by atoms with E-state index in [2.05, 4.69) is 9.97 Å². The topological polar surface area (TPSA) is 69.2 Å². The van der Waals surface area contributed by atoms with Gasteiger partial charge in [0.25, 0.3) is 5.91 Å². The smallest absolute Gasteiger partial charge is 0.259 e. The second-order valence-corrected chi connectivity index (χ2v) is 6.73. The molecule has 6 heteroatoms. The summed E-state index contributed by atoms with van der Waals surface area (Å²) in [5, 5.41) is 11.5. The van der Waals surface area contributed by atoms with Gasteiger partial charge in [0.15, 0.2) is 5.60 Å². The average Bonchev–Trinajstić information content (AvgIpc) is 3.15. The maximum absolute atomic E-state index is 13.0. The van der Waals surface area contributed by atoms with Crippen LogP contribution >= 0.6 is 11.6 Å². The van der Waals surface area contributed by atoms with Gasteiger partial charge in [0.1, 0.15) is 0 Å². The number of hydrogen-bond donors (Lipinski definition) is 2. The van der Waals surface area contributed by atoms with Gasteiger partial charge in [-0.2, -0.15) is 0 Å². The van der Waals surface area contributed by atoms with Gasteiger partial charge >= 0.3 is 0 Å². The molecule has 0 saturated carbocycles. The van der Waals surface area contributed by atoms with Gasteiger partial charge in [-0.15, -0.1) is 0 Å². The van der Waals surface area contributed by atoms with E-state index in [1.807, 2.05) is 13.1 Å². The fraction of sp³-hybridized carbons (Fsp3) is 0.444. The molecule has 24 heavy (non-hydrogen) atoms. The Bertz CT molecular complexity index is 696. The van der Waals surface area contributed by atoms with Crippen LogP contribution in [-0.4, -0.2) is 39.0 Å². The highest BCUT2D eigenvalue weighted by Gasteiger charge is 2.40. The van der Waals surface area contributed by atoms with Crippen LogP contribution in [0.2, 0.25) is 5.02 Å². The highest BCUT2D eigenvalue weighted by molar-refractivity contribution is 6.30. The van der Waals surface area contributed by atoms with E-state index in [1.54, 1.807) is 35.5 Å². The van der Waals surface area contributed by atoms with Crippen molar-refractivity contribution in [3.05, 3.63) is 53.1 Å². The molecule has 3 rings (SSSR count). The molecular weight excluding hydrogens is 326 g/mol. The third-order valence-corrected chi connectivity index (χ3v) is 5.14. The number of imidazole rings is 1. The standard InChI is InChI=1S/C18H22ClN3O2/c1-2-18(24,14-4-3-5-15(19)10-14)17(23)22-8-6-13(7-9-22)16-11-20-12-21-16/h3-5,10-13,24H,2,6-9H2,1H3,(H,20,21). The van der Waals surface area contributed by atoms with Crippen LogP contribution in [0.25, 0.3) is 0 Å². The number of halogens is 1. The van der Waals surface area contributed by atoms with Crippen LogP contribution in [0.15, 0.2) is 36.8 Å². The largest absolute Gasteiger partial charge is 0.375 e. The molecule has 1 atom stereocenters. The van der Waals surface area contributed by atoms with Crippen molar-refractivity contribution < 1.29 is 9.90 Å². The van der Waals surface area contributed by atoms with E-state index in [0.717, 1.165) is 18.5 Å². The summed E-state index contributed by atoms with van der Waals surface area (Å²) in [6.07, 6.45) is 5.57. The quantitative estimate of drug-likeness (QED) is 0.893. The lowest BCUT2D eigenvalue weighted by Crippen LogP contribution is -2.49. The van der Waals surface area contributed by atoms with Gasteiger partial charge in [0, 0.05) is 35.9 Å². The van der Waals surface area contributed by atoms with Crippen molar-refractivity contribution in [1.29, 1.82) is 0 Å². The molecule has 1 unspecified atom stereocenters. The molecule has 0 radical (unpaired) electrons. The Labute approximate surface area is 146 Å². The van der Waals surface area contributed by atoms with Crippen LogP contribution in [0, 0.1) is 0 Å². The van der Waals surface area contributed by atoms with Crippen molar-refractivity contribution in [3.63, 3.8) is 0 Å². The Morgan fingerprint density at radius 1 is 1.46 bits per heavy atom. The first-order valence-corrected chi connectivity index (χ1v) is 8.68. The summed E-state index contributed by atoms with van der Waals surface area (Å²) < 4.78 is 0. The van der Waals surface area contributed by atoms with Gasteiger partial charge in [-0.1, -0.05) is 30.7 Å². The van der Waals surface area contributed by atoms with Crippen molar-refractivity contribution in [2.24, 2.45) is 0 Å². The Morgan fingerprint density at radius 2 is 2.21 bits per heavy atom. The summed E-state index contributed by atoms with van der Waals surface area (Å²) in [5.74, 6) is 0.146. The predicted octanol–water partition coefficient (Wildman–Crippen LogP) is 3.07. The summed E-state index contributed by atoms with van der Waals surface area (Å²) in [6, 6.07) is 6.92. The maximum Gasteiger partial charge on any atom is 0.259 e. The lowest BCUT2D eigenvalue weighted by Gasteiger charge is -2.37. The monoisotopic (exact) mass is 347 g/mol. The summed E-state index contributed by atoms with van der Waals surface area (Å²) in [6.45, 7) is 3.08. The first-order chi connectivity index (χ1) is 11.5. The Balaban J connectivity index is 1.73. The normalized spacial score (nSPS) is 18.4. The zero-order chi connectivity index (χ0) is 17.2. The number of aromatic nitrogens is 2. The Kier molecular flexibility index (Phi) is 4.92. The number of amides is 1. The van der Waals surface area contributed by atoms with Crippen molar-refractivity contribution in [1.82, 2.24) is 14.9 Å². The van der Waals surface area contributed by atoms with E-state index < -0.39 is 5.60 Å². The zero-order valence-corrected chi connectivity index (χ0v) is 14.5. The number of nitrogens with one attached hydrogen (secondary N) is 1. The molecule has 128 valence electrons. The number of H-pyrrole nitrogens is 1. The van der Waals surface area contributed by atoms with E-state index in [1.165, 1.54) is 0 Å². The first-order valence-electron chi connectivity index (χ1n) is 8.30. The summed E-state index contributed by atoms with van der Waals surface area (Å²) in [7, 11) is 0. The number of nitrogens with zero attached hydrogens (tertiary/aromatic N) is 2. The SMILES string of the molecule is CCC(O)(C(=O)N1CCC(c2cnc[nH]2)CC1)c1cccc(Cl)c1. The first kappa shape index (κ1) is 17.0. The maximum atomic E-state index is 13.0. The number of likely N-dealkylation sites (tertiary alicyclic amines) is 1. The molecule has 0 spiro atoms. The number of carbonyl (C=O) groups is 1. The molecule has 0 aliphatic carbocycles. The van der Waals surface area contributed by atoms with Crippen LogP contribution in [0.1, 0.15) is 43.4 Å². The van der Waals surface area contributed by atoms with Crippen molar-refractivity contribution in [2.75, 3.05) is 13.1 Å². The molecule has 1 aliphatic heterocycles. The highest BCUT2D eigenvalue weighted by Crippen LogP contribution is 2.32. The number of rotatable bonds is 4. The molecule has 1 fully saturated rings. The third-order valence-electron chi connectivity index (χ3n) is 4.91. The van der Waals surface area contributed by atoms with E-state index in [-0.39, 0.29) is 5.91 Å². The molecular formula is C18H22ClN3O2. The van der Waals surface area contributed by atoms with Crippen LogP contribution in [0.5, 0.6) is 0 Å². The second-order valence-electron chi connectivity index (χ2n) is 6.30. The van der Waals surface area contributed by atoms with Crippen molar-refractivity contribution in [2.45, 2.75) is 37.7 Å². The van der Waals surface area contributed by atoms with Crippen LogP contribution < -0.4 is 0 Å². The molecule has 5 nitrogen and oxygen atoms in total. The number of hydrogen-bond acceptors (Lipinski definition) is 3. The molecule has 1 aliphatic rings. The number of benzene rings is 1. The fourth-order valence-corrected chi connectivity index (χ4v) is 3.56. The molecule has 1 amide bonds. The van der Waals surface area contributed by atoms with E-state index in [9.17, 15) is 9.90 Å². The molecule has 0 bridgehead atoms. The zero-order valence-electron chi connectivity index (χ0n) is 13.7. The van der Waals surface area contributed by atoms with Crippen LogP contribution in [-0.2, 0) is 10.4 Å². The van der Waals surface area contributed by atoms with Gasteiger partial charge in [-0.25, -0.2) is 4.98 Å². The summed E-state index contributed by atoms with van der Waals surface area (Å²) >= 11 is 6.03. The fourth-order valence-electron chi connectivity index (χ4n) is 3.37. The van der Waals surface area contributed by atoms with E-state index in [0.29, 0.717) is 36.0 Å². The van der Waals surface area contributed by atoms with Gasteiger partial charge in [0.2, 0.25) is 0 Å². The average molecular weight is 348 g/mol. The van der Waals surface area contributed by atoms with E-state index in [4.69, 9.17) is 11.6 Å². The van der Waals surface area contributed by atoms with Gasteiger partial charge in [-0.3, -0.25) is 4.79 Å². The minimum Gasteiger partial charge on any atom is -0.375 e. The molecule has 2 heterocycles. The molecule has 1 aromatic heterocycles. The number of aromatic amines is 1. The third kappa shape index (κ3) is 3.19. The second kappa shape index (κ2) is 6.95. The summed E-state index contributed by atoms with van der Waals surface area (Å²) in [4.78, 5) is 21.9. The molecule has 1 aromatic carbocycles. The van der Waals surface area contributed by atoms with Crippen molar-refractivity contribution >= 4 is 17.5 Å². The Morgan fingerprint density at radius 3 is 2.79 bits per heavy atom. The van der Waals surface area contributed by atoms with Gasteiger partial charge in [0.05, 0.1) is 6.33 Å². The molecule has 1 saturated heterocycles. The number of piperidine rings is 1. The highest BCUT2D eigenvalue weighted by atomic mass is 35.5. The summed E-state index contributed by atoms with van der Waals surface area (Å²) in [5.41, 5.74) is 0.145. The predicted molar refractivity (Wildman–Crippen MR) is 92.8 cm³/mol. The van der Waals surface area contributed by atoms with Crippen molar-refractivity contribution in [3.8, 4) is 0 Å². The number of carbonyl (C=O) groups excluding carboxylic acids is 1. The lowest BCUT2D eigenvalue weighted by atomic mass is 9.87.